The molecule has 6 heteroatoms. The lowest BCUT2D eigenvalue weighted by atomic mass is 9.91. The summed E-state index contributed by atoms with van der Waals surface area (Å²) in [4.78, 5) is 0.217. The van der Waals surface area contributed by atoms with Crippen LogP contribution in [0.1, 0.15) is 25.7 Å². The summed E-state index contributed by atoms with van der Waals surface area (Å²) in [5, 5.41) is 3.20. The number of halogens is 3. The van der Waals surface area contributed by atoms with Crippen LogP contribution < -0.4 is 11.1 Å². The van der Waals surface area contributed by atoms with Crippen molar-refractivity contribution in [1.82, 2.24) is 0 Å². The van der Waals surface area contributed by atoms with Gasteiger partial charge in [0, 0.05) is 22.7 Å². The molecule has 2 rings (SSSR count). The van der Waals surface area contributed by atoms with E-state index in [-0.39, 0.29) is 28.7 Å². The van der Waals surface area contributed by atoms with E-state index in [2.05, 4.69) is 5.32 Å². The monoisotopic (exact) mass is 290 g/mol. The van der Waals surface area contributed by atoms with Crippen LogP contribution in [0.2, 0.25) is 0 Å². The molecule has 2 unspecified atom stereocenters. The van der Waals surface area contributed by atoms with Crippen LogP contribution in [-0.2, 0) is 0 Å². The maximum absolute atomic E-state index is 12.5. The Labute approximate surface area is 114 Å². The molecule has 0 spiro atoms. The Morgan fingerprint density at radius 3 is 2.63 bits per heavy atom. The van der Waals surface area contributed by atoms with Crippen LogP contribution in [0, 0.1) is 0 Å². The number of para-hydroxylation sites is 1. The Bertz CT molecular complexity index is 423. The molecule has 2 atom stereocenters. The Balaban J connectivity index is 2.07. The minimum atomic E-state index is -4.26. The molecular formula is C13H17F3N2S. The first kappa shape index (κ1) is 14.5. The fourth-order valence-corrected chi connectivity index (χ4v) is 3.01. The molecule has 0 aromatic heterocycles. The van der Waals surface area contributed by atoms with Crippen molar-refractivity contribution >= 4 is 17.4 Å². The fourth-order valence-electron chi connectivity index (χ4n) is 2.38. The van der Waals surface area contributed by atoms with Crippen molar-refractivity contribution in [2.75, 3.05) is 5.32 Å². The minimum Gasteiger partial charge on any atom is -0.381 e. The highest BCUT2D eigenvalue weighted by Crippen LogP contribution is 2.40. The van der Waals surface area contributed by atoms with Crippen LogP contribution in [0.25, 0.3) is 0 Å². The molecule has 2 nitrogen and oxygen atoms in total. The summed E-state index contributed by atoms with van der Waals surface area (Å²) in [6.45, 7) is 0. The van der Waals surface area contributed by atoms with Crippen molar-refractivity contribution in [1.29, 1.82) is 0 Å². The number of anilines is 1. The largest absolute Gasteiger partial charge is 0.446 e. The predicted octanol–water partition coefficient (Wildman–Crippen LogP) is 3.98. The molecule has 1 fully saturated rings. The highest BCUT2D eigenvalue weighted by molar-refractivity contribution is 8.00. The zero-order chi connectivity index (χ0) is 13.9. The molecule has 0 bridgehead atoms. The summed E-state index contributed by atoms with van der Waals surface area (Å²) in [5.74, 6) is 0. The highest BCUT2D eigenvalue weighted by atomic mass is 32.2. The molecule has 0 saturated heterocycles. The van der Waals surface area contributed by atoms with Gasteiger partial charge in [0.1, 0.15) is 0 Å². The zero-order valence-electron chi connectivity index (χ0n) is 10.4. The van der Waals surface area contributed by atoms with Crippen molar-refractivity contribution in [2.45, 2.75) is 48.2 Å². The molecule has 0 aliphatic heterocycles. The second-order valence-electron chi connectivity index (χ2n) is 4.81. The maximum Gasteiger partial charge on any atom is 0.446 e. The van der Waals surface area contributed by atoms with E-state index in [1.807, 2.05) is 0 Å². The third kappa shape index (κ3) is 4.62. The molecule has 3 N–H and O–H groups in total. The summed E-state index contributed by atoms with van der Waals surface area (Å²) in [6, 6.07) is 6.85. The Morgan fingerprint density at radius 1 is 1.21 bits per heavy atom. The summed E-state index contributed by atoms with van der Waals surface area (Å²) in [7, 11) is 0. The zero-order valence-corrected chi connectivity index (χ0v) is 11.2. The van der Waals surface area contributed by atoms with Crippen LogP contribution in [0.5, 0.6) is 0 Å². The number of benzene rings is 1. The Morgan fingerprint density at radius 2 is 1.95 bits per heavy atom. The molecule has 1 aliphatic rings. The smallest absolute Gasteiger partial charge is 0.381 e. The quantitative estimate of drug-likeness (QED) is 0.827. The minimum absolute atomic E-state index is 0.0770. The van der Waals surface area contributed by atoms with Gasteiger partial charge in [-0.1, -0.05) is 12.1 Å². The summed E-state index contributed by atoms with van der Waals surface area (Å²) in [6.07, 6.45) is 3.79. The molecule has 106 valence electrons. The number of hydrogen-bond acceptors (Lipinski definition) is 3. The number of rotatable bonds is 3. The summed E-state index contributed by atoms with van der Waals surface area (Å²) in [5.41, 5.74) is 2.18. The molecule has 0 heterocycles. The van der Waals surface area contributed by atoms with Crippen LogP contribution in [0.3, 0.4) is 0 Å². The molecule has 19 heavy (non-hydrogen) atoms. The Kier molecular flexibility index (Phi) is 4.62. The number of nitrogens with two attached hydrogens (primary N) is 1. The third-order valence-corrected chi connectivity index (χ3v) is 3.99. The van der Waals surface area contributed by atoms with E-state index in [0.717, 1.165) is 25.7 Å². The van der Waals surface area contributed by atoms with Crippen molar-refractivity contribution in [3.05, 3.63) is 24.3 Å². The topological polar surface area (TPSA) is 38.0 Å². The van der Waals surface area contributed by atoms with Crippen LogP contribution in [0.4, 0.5) is 18.9 Å². The van der Waals surface area contributed by atoms with Crippen LogP contribution in [0.15, 0.2) is 29.2 Å². The molecule has 1 aromatic carbocycles. The lowest BCUT2D eigenvalue weighted by Gasteiger charge is -2.29. The second-order valence-corrected chi connectivity index (χ2v) is 5.92. The predicted molar refractivity (Wildman–Crippen MR) is 72.2 cm³/mol. The van der Waals surface area contributed by atoms with Gasteiger partial charge >= 0.3 is 5.51 Å². The van der Waals surface area contributed by atoms with Gasteiger partial charge in [0.05, 0.1) is 0 Å². The lowest BCUT2D eigenvalue weighted by molar-refractivity contribution is -0.0327. The third-order valence-electron chi connectivity index (χ3n) is 3.19. The van der Waals surface area contributed by atoms with Crippen LogP contribution >= 0.6 is 11.8 Å². The van der Waals surface area contributed by atoms with Gasteiger partial charge < -0.3 is 11.1 Å². The van der Waals surface area contributed by atoms with Crippen molar-refractivity contribution in [2.24, 2.45) is 5.73 Å². The first-order valence-electron chi connectivity index (χ1n) is 6.31. The average Bonchev–Trinajstić information content (AvgIpc) is 2.30. The molecule has 0 radical (unpaired) electrons. The van der Waals surface area contributed by atoms with E-state index < -0.39 is 5.51 Å². The van der Waals surface area contributed by atoms with E-state index in [0.29, 0.717) is 5.69 Å². The van der Waals surface area contributed by atoms with Crippen molar-refractivity contribution < 1.29 is 13.2 Å². The fraction of sp³-hybridized carbons (Fsp3) is 0.538. The van der Waals surface area contributed by atoms with Gasteiger partial charge in [0.25, 0.3) is 0 Å². The Hall–Kier alpha value is -0.880. The van der Waals surface area contributed by atoms with Gasteiger partial charge in [0.15, 0.2) is 0 Å². The number of thioether (sulfide) groups is 1. The maximum atomic E-state index is 12.5. The first-order chi connectivity index (χ1) is 8.94. The van der Waals surface area contributed by atoms with Crippen molar-refractivity contribution in [3.8, 4) is 0 Å². The number of hydrogen-bond donors (Lipinski definition) is 2. The first-order valence-corrected chi connectivity index (χ1v) is 7.12. The van der Waals surface area contributed by atoms with E-state index in [1.165, 1.54) is 6.07 Å². The standard InChI is InChI=1S/C13H17F3N2S/c14-13(15,16)19-12-7-2-1-6-11(12)18-10-5-3-4-9(17)8-10/h1-2,6-7,9-10,18H,3-5,8,17H2. The number of nitrogens with one attached hydrogen (secondary N) is 1. The van der Waals surface area contributed by atoms with Gasteiger partial charge in [-0.15, -0.1) is 0 Å². The van der Waals surface area contributed by atoms with E-state index in [9.17, 15) is 13.2 Å². The van der Waals surface area contributed by atoms with E-state index >= 15 is 0 Å². The molecular weight excluding hydrogens is 273 g/mol. The SMILES string of the molecule is NC1CCCC(Nc2ccccc2SC(F)(F)F)C1. The molecule has 0 amide bonds. The van der Waals surface area contributed by atoms with Gasteiger partial charge in [-0.3, -0.25) is 0 Å². The van der Waals surface area contributed by atoms with E-state index in [4.69, 9.17) is 5.73 Å². The summed E-state index contributed by atoms with van der Waals surface area (Å²) >= 11 is -0.0770. The second kappa shape index (κ2) is 6.05. The van der Waals surface area contributed by atoms with E-state index in [1.54, 1.807) is 18.2 Å². The van der Waals surface area contributed by atoms with Crippen molar-refractivity contribution in [3.63, 3.8) is 0 Å². The molecule has 1 aliphatic carbocycles. The lowest BCUT2D eigenvalue weighted by Crippen LogP contribution is -2.35. The highest BCUT2D eigenvalue weighted by Gasteiger charge is 2.30. The van der Waals surface area contributed by atoms with Gasteiger partial charge in [-0.2, -0.15) is 13.2 Å². The molecule has 1 saturated carbocycles. The normalized spacial score (nSPS) is 24.2. The van der Waals surface area contributed by atoms with Gasteiger partial charge in [0.2, 0.25) is 0 Å². The number of alkyl halides is 3. The molecule has 1 aromatic rings. The van der Waals surface area contributed by atoms with Gasteiger partial charge in [-0.05, 0) is 49.6 Å². The average molecular weight is 290 g/mol. The van der Waals surface area contributed by atoms with Gasteiger partial charge in [-0.25, -0.2) is 0 Å². The van der Waals surface area contributed by atoms with Crippen LogP contribution in [-0.4, -0.2) is 17.6 Å². The summed E-state index contributed by atoms with van der Waals surface area (Å²) < 4.78 is 37.4.